The molecular weight excluding hydrogens is 383 g/mol. The van der Waals surface area contributed by atoms with E-state index in [-0.39, 0.29) is 5.78 Å². The van der Waals surface area contributed by atoms with Crippen molar-refractivity contribution in [3.63, 3.8) is 0 Å². The van der Waals surface area contributed by atoms with E-state index in [0.29, 0.717) is 15.5 Å². The van der Waals surface area contributed by atoms with Crippen molar-refractivity contribution in [2.24, 2.45) is 0 Å². The van der Waals surface area contributed by atoms with Gasteiger partial charge in [0, 0.05) is 10.9 Å². The molecule has 0 amide bonds. The Labute approximate surface area is 116 Å². The molecule has 0 atom stereocenters. The number of rotatable bonds is 2. The quantitative estimate of drug-likeness (QED) is 0.647. The zero-order valence-corrected chi connectivity index (χ0v) is 12.7. The Morgan fingerprint density at radius 2 is 2.07 bits per heavy atom. The van der Waals surface area contributed by atoms with Crippen molar-refractivity contribution in [2.45, 2.75) is 0 Å². The smallest absolute Gasteiger partial charge is 0.203 e. The Hall–Kier alpha value is 0.320. The second-order valence-corrected chi connectivity index (χ2v) is 7.77. The van der Waals surface area contributed by atoms with Crippen LogP contribution in [0.1, 0.15) is 15.2 Å². The average Bonchev–Trinajstić information content (AvgIpc) is 2.74. The van der Waals surface area contributed by atoms with Crippen LogP contribution in [0.3, 0.4) is 0 Å². The zero-order valence-electron chi connectivity index (χ0n) is 7.09. The van der Waals surface area contributed by atoms with Crippen LogP contribution in [0.15, 0.2) is 25.1 Å². The molecule has 2 rings (SSSR count). The first-order chi connectivity index (χ1) is 7.08. The van der Waals surface area contributed by atoms with E-state index in [1.807, 2.05) is 11.4 Å². The lowest BCUT2D eigenvalue weighted by atomic mass is 10.2. The number of hydrogen-bond donors (Lipinski definition) is 0. The van der Waals surface area contributed by atoms with Crippen LogP contribution < -0.4 is 0 Å². The van der Waals surface area contributed by atoms with Gasteiger partial charge in [-0.25, -0.2) is 0 Å². The van der Waals surface area contributed by atoms with Gasteiger partial charge in [-0.3, -0.25) is 4.79 Å². The van der Waals surface area contributed by atoms with Gasteiger partial charge in [0.15, 0.2) is 0 Å². The van der Waals surface area contributed by atoms with E-state index in [2.05, 4.69) is 31.9 Å². The second kappa shape index (κ2) is 4.67. The highest BCUT2D eigenvalue weighted by molar-refractivity contribution is 9.11. The Bertz CT molecular complexity index is 498. The van der Waals surface area contributed by atoms with Crippen molar-refractivity contribution in [1.29, 1.82) is 0 Å². The summed E-state index contributed by atoms with van der Waals surface area (Å²) in [5.74, 6) is 0.00884. The number of hydrogen-bond acceptors (Lipinski definition) is 3. The summed E-state index contributed by atoms with van der Waals surface area (Å²) in [6.45, 7) is 0. The molecule has 0 radical (unpaired) electrons. The molecule has 0 aliphatic heterocycles. The molecule has 0 saturated heterocycles. The molecule has 2 aromatic rings. The summed E-state index contributed by atoms with van der Waals surface area (Å²) in [5.41, 5.74) is 0.692. The predicted octanol–water partition coefficient (Wildman–Crippen LogP) is 5.22. The van der Waals surface area contributed by atoms with Crippen LogP contribution in [0.5, 0.6) is 0 Å². The Morgan fingerprint density at radius 3 is 2.53 bits per heavy atom. The van der Waals surface area contributed by atoms with Gasteiger partial charge in [0.2, 0.25) is 5.78 Å². The summed E-state index contributed by atoms with van der Waals surface area (Å²) < 4.78 is 1.74. The first-order valence-electron chi connectivity index (χ1n) is 3.81. The fourth-order valence-electron chi connectivity index (χ4n) is 1.03. The second-order valence-electron chi connectivity index (χ2n) is 2.70. The van der Waals surface area contributed by atoms with Gasteiger partial charge in [-0.1, -0.05) is 11.6 Å². The number of halogens is 3. The highest BCUT2D eigenvalue weighted by atomic mass is 79.9. The van der Waals surface area contributed by atoms with Gasteiger partial charge in [-0.2, -0.15) is 0 Å². The SMILES string of the molecule is O=C(c1csc(Br)c1)c1cc(Cl)c(Br)s1. The third-order valence-electron chi connectivity index (χ3n) is 1.70. The third kappa shape index (κ3) is 2.53. The maximum atomic E-state index is 11.9. The molecule has 0 fully saturated rings. The van der Waals surface area contributed by atoms with Crippen LogP contribution in [0.4, 0.5) is 0 Å². The third-order valence-corrected chi connectivity index (χ3v) is 5.68. The van der Waals surface area contributed by atoms with Crippen LogP contribution in [-0.2, 0) is 0 Å². The first kappa shape index (κ1) is 11.8. The predicted molar refractivity (Wildman–Crippen MR) is 72.5 cm³/mol. The molecule has 0 aromatic carbocycles. The van der Waals surface area contributed by atoms with E-state index in [1.54, 1.807) is 6.07 Å². The van der Waals surface area contributed by atoms with Gasteiger partial charge in [-0.05, 0) is 44.0 Å². The van der Waals surface area contributed by atoms with Gasteiger partial charge in [0.05, 0.1) is 17.5 Å². The molecule has 0 unspecified atom stereocenters. The van der Waals surface area contributed by atoms with Crippen molar-refractivity contribution in [2.75, 3.05) is 0 Å². The van der Waals surface area contributed by atoms with Gasteiger partial charge in [0.1, 0.15) is 0 Å². The number of thiophene rings is 2. The number of ketones is 1. The molecule has 0 spiro atoms. The number of carbonyl (C=O) groups is 1. The summed E-state index contributed by atoms with van der Waals surface area (Å²) in [4.78, 5) is 12.6. The summed E-state index contributed by atoms with van der Waals surface area (Å²) in [5, 5.41) is 2.41. The van der Waals surface area contributed by atoms with Gasteiger partial charge in [0.25, 0.3) is 0 Å². The maximum Gasteiger partial charge on any atom is 0.203 e. The standard InChI is InChI=1S/C9H3Br2ClOS2/c10-7-1-4(3-14-7)8(13)6-2-5(12)9(11)15-6/h1-3H. The van der Waals surface area contributed by atoms with Crippen molar-refractivity contribution in [3.05, 3.63) is 40.5 Å². The van der Waals surface area contributed by atoms with Crippen molar-refractivity contribution in [3.8, 4) is 0 Å². The maximum absolute atomic E-state index is 11.9. The normalized spacial score (nSPS) is 10.6. The van der Waals surface area contributed by atoms with Crippen LogP contribution in [0, 0.1) is 0 Å². The van der Waals surface area contributed by atoms with Crippen LogP contribution in [0.25, 0.3) is 0 Å². The van der Waals surface area contributed by atoms with Crippen LogP contribution in [-0.4, -0.2) is 5.78 Å². The molecule has 15 heavy (non-hydrogen) atoms. The summed E-state index contributed by atoms with van der Waals surface area (Å²) >= 11 is 15.3. The topological polar surface area (TPSA) is 17.1 Å². The Balaban J connectivity index is 2.36. The minimum Gasteiger partial charge on any atom is -0.288 e. The molecule has 0 aliphatic carbocycles. The molecule has 0 saturated carbocycles. The average molecular weight is 387 g/mol. The van der Waals surface area contributed by atoms with Crippen molar-refractivity contribution in [1.82, 2.24) is 0 Å². The lowest BCUT2D eigenvalue weighted by Crippen LogP contribution is -1.95. The van der Waals surface area contributed by atoms with Gasteiger partial charge < -0.3 is 0 Å². The summed E-state index contributed by atoms with van der Waals surface area (Å²) in [6, 6.07) is 3.50. The molecule has 0 N–H and O–H groups in total. The molecule has 0 aliphatic rings. The molecule has 2 heterocycles. The van der Waals surface area contributed by atoms with E-state index in [1.165, 1.54) is 22.7 Å². The molecular formula is C9H3Br2ClOS2. The fraction of sp³-hybridized carbons (Fsp3) is 0. The highest BCUT2D eigenvalue weighted by Gasteiger charge is 2.15. The van der Waals surface area contributed by atoms with Gasteiger partial charge >= 0.3 is 0 Å². The van der Waals surface area contributed by atoms with Crippen molar-refractivity contribution < 1.29 is 4.79 Å². The molecule has 1 nitrogen and oxygen atoms in total. The molecule has 0 bridgehead atoms. The minimum absolute atomic E-state index is 0.00884. The Morgan fingerprint density at radius 1 is 1.33 bits per heavy atom. The van der Waals surface area contributed by atoms with Crippen LogP contribution >= 0.6 is 66.1 Å². The highest BCUT2D eigenvalue weighted by Crippen LogP contribution is 2.34. The lowest BCUT2D eigenvalue weighted by Gasteiger charge is -1.90. The Kier molecular flexibility index (Phi) is 3.67. The van der Waals surface area contributed by atoms with Crippen molar-refractivity contribution >= 4 is 71.9 Å². The van der Waals surface area contributed by atoms with E-state index in [0.717, 1.165) is 7.57 Å². The minimum atomic E-state index is 0.00884. The first-order valence-corrected chi connectivity index (χ1v) is 7.47. The molecule has 2 aromatic heterocycles. The zero-order chi connectivity index (χ0) is 11.0. The molecule has 6 heteroatoms. The monoisotopic (exact) mass is 384 g/mol. The molecule has 78 valence electrons. The fourth-order valence-corrected chi connectivity index (χ4v) is 3.83. The van der Waals surface area contributed by atoms with E-state index in [9.17, 15) is 4.79 Å². The van der Waals surface area contributed by atoms with Gasteiger partial charge in [-0.15, -0.1) is 22.7 Å². The largest absolute Gasteiger partial charge is 0.288 e. The van der Waals surface area contributed by atoms with E-state index in [4.69, 9.17) is 11.6 Å². The van der Waals surface area contributed by atoms with E-state index < -0.39 is 0 Å². The summed E-state index contributed by atoms with van der Waals surface area (Å²) in [6.07, 6.45) is 0. The van der Waals surface area contributed by atoms with Crippen LogP contribution in [0.2, 0.25) is 5.02 Å². The van der Waals surface area contributed by atoms with E-state index >= 15 is 0 Å². The number of carbonyl (C=O) groups excluding carboxylic acids is 1. The lowest BCUT2D eigenvalue weighted by molar-refractivity contribution is 0.104. The summed E-state index contributed by atoms with van der Waals surface area (Å²) in [7, 11) is 0.